The smallest absolute Gasteiger partial charge is 0.276 e. The van der Waals surface area contributed by atoms with E-state index in [1.165, 1.54) is 11.0 Å². The van der Waals surface area contributed by atoms with Gasteiger partial charge in [-0.2, -0.15) is 0 Å². The molecule has 22 heavy (non-hydrogen) atoms. The average molecular weight is 325 g/mol. The first-order valence-corrected chi connectivity index (χ1v) is 7.25. The predicted molar refractivity (Wildman–Crippen MR) is 78.4 cm³/mol. The summed E-state index contributed by atoms with van der Waals surface area (Å²) in [4.78, 5) is 13.7. The molecule has 1 fully saturated rings. The number of aromatic nitrogens is 1. The van der Waals surface area contributed by atoms with Gasteiger partial charge in [0.05, 0.1) is 19.2 Å². The van der Waals surface area contributed by atoms with Gasteiger partial charge < -0.3 is 14.5 Å². The summed E-state index contributed by atoms with van der Waals surface area (Å²) >= 11 is 5.91. The lowest BCUT2D eigenvalue weighted by molar-refractivity contribution is 0.0662. The molecule has 116 valence electrons. The minimum atomic E-state index is -1.12. The van der Waals surface area contributed by atoms with Gasteiger partial charge >= 0.3 is 0 Å². The Kier molecular flexibility index (Phi) is 4.13. The molecule has 1 aromatic carbocycles. The van der Waals surface area contributed by atoms with Gasteiger partial charge in [-0.1, -0.05) is 28.9 Å². The maximum absolute atomic E-state index is 13.4. The van der Waals surface area contributed by atoms with E-state index in [1.54, 1.807) is 24.3 Å². The monoisotopic (exact) mass is 324 g/mol. The first-order chi connectivity index (χ1) is 10.6. The zero-order chi connectivity index (χ0) is 15.7. The fraction of sp³-hybridized carbons (Fsp3) is 0.333. The summed E-state index contributed by atoms with van der Waals surface area (Å²) in [5.41, 5.74) is 0.782. The third-order valence-electron chi connectivity index (χ3n) is 3.67. The van der Waals surface area contributed by atoms with Gasteiger partial charge in [-0.15, -0.1) is 0 Å². The average Bonchev–Trinajstić information content (AvgIpc) is 3.13. The van der Waals surface area contributed by atoms with Crippen molar-refractivity contribution in [2.45, 2.75) is 18.6 Å². The number of hydrogen-bond acceptors (Lipinski definition) is 4. The largest absolute Gasteiger partial charge is 0.394 e. The number of hydrogen-bond donors (Lipinski definition) is 1. The topological polar surface area (TPSA) is 66.6 Å². The fourth-order valence-corrected chi connectivity index (χ4v) is 2.77. The number of amides is 1. The molecular weight excluding hydrogens is 311 g/mol. The van der Waals surface area contributed by atoms with Crippen molar-refractivity contribution in [3.63, 3.8) is 0 Å². The van der Waals surface area contributed by atoms with Gasteiger partial charge in [-0.05, 0) is 12.1 Å². The van der Waals surface area contributed by atoms with Crippen molar-refractivity contribution >= 4 is 17.5 Å². The van der Waals surface area contributed by atoms with Gasteiger partial charge in [0.25, 0.3) is 5.91 Å². The molecule has 2 aromatic rings. The number of aliphatic hydroxyl groups excluding tert-OH is 1. The molecule has 2 heterocycles. The quantitative estimate of drug-likeness (QED) is 0.942. The number of likely N-dealkylation sites (tertiary alicyclic amines) is 1. The highest BCUT2D eigenvalue weighted by Gasteiger charge is 2.36. The van der Waals surface area contributed by atoms with Crippen molar-refractivity contribution < 1.29 is 18.8 Å². The number of carbonyl (C=O) groups excluding carboxylic acids is 1. The Labute approximate surface area is 131 Å². The number of nitrogens with zero attached hydrogens (tertiary/aromatic N) is 2. The van der Waals surface area contributed by atoms with Crippen LogP contribution in [0.3, 0.4) is 0 Å². The van der Waals surface area contributed by atoms with Crippen LogP contribution < -0.4 is 0 Å². The number of carbonyl (C=O) groups is 1. The van der Waals surface area contributed by atoms with E-state index in [2.05, 4.69) is 5.16 Å². The van der Waals surface area contributed by atoms with Crippen LogP contribution >= 0.6 is 11.6 Å². The van der Waals surface area contributed by atoms with Gasteiger partial charge in [0.2, 0.25) is 0 Å². The van der Waals surface area contributed by atoms with Crippen LogP contribution in [-0.2, 0) is 0 Å². The normalized spacial score (nSPS) is 21.3. The first-order valence-electron chi connectivity index (χ1n) is 6.87. The van der Waals surface area contributed by atoms with Crippen molar-refractivity contribution in [1.29, 1.82) is 0 Å². The molecule has 1 aliphatic heterocycles. The molecule has 1 saturated heterocycles. The molecule has 5 nitrogen and oxygen atoms in total. The maximum atomic E-state index is 13.4. The number of benzene rings is 1. The van der Waals surface area contributed by atoms with Gasteiger partial charge in [-0.25, -0.2) is 4.39 Å². The molecule has 0 bridgehead atoms. The van der Waals surface area contributed by atoms with E-state index >= 15 is 0 Å². The molecule has 0 spiro atoms. The molecule has 7 heteroatoms. The van der Waals surface area contributed by atoms with Gasteiger partial charge in [-0.3, -0.25) is 4.79 Å². The number of alkyl halides is 1. The molecular formula is C15H14ClFN2O3. The Balaban J connectivity index is 1.83. The van der Waals surface area contributed by atoms with Crippen LogP contribution in [-0.4, -0.2) is 46.4 Å². The van der Waals surface area contributed by atoms with Crippen LogP contribution in [0.15, 0.2) is 34.9 Å². The van der Waals surface area contributed by atoms with E-state index in [0.717, 1.165) is 0 Å². The van der Waals surface area contributed by atoms with Gasteiger partial charge in [0.15, 0.2) is 11.5 Å². The van der Waals surface area contributed by atoms with Crippen molar-refractivity contribution in [3.05, 3.63) is 41.0 Å². The summed E-state index contributed by atoms with van der Waals surface area (Å²) < 4.78 is 18.6. The van der Waals surface area contributed by atoms with Crippen LogP contribution in [0.4, 0.5) is 4.39 Å². The van der Waals surface area contributed by atoms with E-state index in [1.807, 2.05) is 0 Å². The van der Waals surface area contributed by atoms with Crippen molar-refractivity contribution in [3.8, 4) is 11.3 Å². The minimum Gasteiger partial charge on any atom is -0.394 e. The summed E-state index contributed by atoms with van der Waals surface area (Å²) in [5, 5.41) is 13.5. The van der Waals surface area contributed by atoms with Crippen LogP contribution in [0.5, 0.6) is 0 Å². The SMILES string of the molecule is O=C(c1cc(-c2cccc(Cl)c2)on1)N1C[C@@H](F)C[C@H]1CO. The summed E-state index contributed by atoms with van der Waals surface area (Å²) in [6, 6.07) is 7.94. The third kappa shape index (κ3) is 2.84. The second-order valence-electron chi connectivity index (χ2n) is 5.21. The highest BCUT2D eigenvalue weighted by Crippen LogP contribution is 2.26. The van der Waals surface area contributed by atoms with E-state index in [4.69, 9.17) is 16.1 Å². The standard InChI is InChI=1S/C15H14ClFN2O3/c16-10-3-1-2-9(4-10)14-6-13(18-22-14)15(21)19-7-11(17)5-12(19)8-20/h1-4,6,11-12,20H,5,7-8H2/t11-,12-/m0/s1. The van der Waals surface area contributed by atoms with Crippen molar-refractivity contribution in [1.82, 2.24) is 10.1 Å². The molecule has 1 N–H and O–H groups in total. The summed E-state index contributed by atoms with van der Waals surface area (Å²) in [6.45, 7) is -0.311. The lowest BCUT2D eigenvalue weighted by atomic mass is 10.1. The molecule has 1 amide bonds. The molecule has 3 rings (SSSR count). The van der Waals surface area contributed by atoms with Crippen LogP contribution in [0, 0.1) is 0 Å². The van der Waals surface area contributed by atoms with Gasteiger partial charge in [0, 0.05) is 23.1 Å². The summed E-state index contributed by atoms with van der Waals surface area (Å²) in [6.07, 6.45) is -0.985. The van der Waals surface area contributed by atoms with Crippen LogP contribution in [0.25, 0.3) is 11.3 Å². The molecule has 0 saturated carbocycles. The third-order valence-corrected chi connectivity index (χ3v) is 3.91. The highest BCUT2D eigenvalue weighted by molar-refractivity contribution is 6.30. The van der Waals surface area contributed by atoms with Crippen LogP contribution in [0.1, 0.15) is 16.9 Å². The molecule has 0 radical (unpaired) electrons. The Morgan fingerprint density at radius 3 is 3.05 bits per heavy atom. The van der Waals surface area contributed by atoms with E-state index in [0.29, 0.717) is 16.3 Å². The second-order valence-corrected chi connectivity index (χ2v) is 5.65. The predicted octanol–water partition coefficient (Wildman–Crippen LogP) is 2.54. The number of rotatable bonds is 3. The van der Waals surface area contributed by atoms with Gasteiger partial charge in [0.1, 0.15) is 6.17 Å². The Morgan fingerprint density at radius 1 is 1.50 bits per heavy atom. The number of halogens is 2. The number of aliphatic hydroxyl groups is 1. The highest BCUT2D eigenvalue weighted by atomic mass is 35.5. The molecule has 1 aliphatic rings. The first kappa shape index (κ1) is 15.0. The van der Waals surface area contributed by atoms with Crippen molar-refractivity contribution in [2.75, 3.05) is 13.2 Å². The summed E-state index contributed by atoms with van der Waals surface area (Å²) in [7, 11) is 0. The molecule has 0 aliphatic carbocycles. The Bertz CT molecular complexity index is 691. The van der Waals surface area contributed by atoms with Crippen LogP contribution in [0.2, 0.25) is 5.02 Å². The lowest BCUT2D eigenvalue weighted by Crippen LogP contribution is -2.38. The maximum Gasteiger partial charge on any atom is 0.276 e. The zero-order valence-electron chi connectivity index (χ0n) is 11.6. The molecule has 2 atom stereocenters. The molecule has 1 aromatic heterocycles. The lowest BCUT2D eigenvalue weighted by Gasteiger charge is -2.20. The summed E-state index contributed by atoms with van der Waals surface area (Å²) in [5.74, 6) is -0.0429. The minimum absolute atomic E-state index is 0.0383. The van der Waals surface area contributed by atoms with E-state index in [9.17, 15) is 14.3 Å². The molecule has 0 unspecified atom stereocenters. The fourth-order valence-electron chi connectivity index (χ4n) is 2.58. The Hall–Kier alpha value is -1.92. The van der Waals surface area contributed by atoms with E-state index in [-0.39, 0.29) is 25.3 Å². The second kappa shape index (κ2) is 6.06. The zero-order valence-corrected chi connectivity index (χ0v) is 12.3. The Morgan fingerprint density at radius 2 is 2.32 bits per heavy atom. The van der Waals surface area contributed by atoms with Crippen molar-refractivity contribution in [2.24, 2.45) is 0 Å². The van der Waals surface area contributed by atoms with E-state index < -0.39 is 18.1 Å².